The zero-order valence-corrected chi connectivity index (χ0v) is 10.0. The molecule has 2 aromatic rings. The second-order valence-electron chi connectivity index (χ2n) is 4.04. The van der Waals surface area contributed by atoms with E-state index in [0.717, 1.165) is 24.3 Å². The number of amides is 1. The molecule has 0 spiro atoms. The van der Waals surface area contributed by atoms with Gasteiger partial charge in [0.25, 0.3) is 5.91 Å². The summed E-state index contributed by atoms with van der Waals surface area (Å²) in [6.45, 7) is 1.51. The molecule has 0 saturated heterocycles. The lowest BCUT2D eigenvalue weighted by Gasteiger charge is -2.07. The van der Waals surface area contributed by atoms with Crippen molar-refractivity contribution in [1.29, 1.82) is 0 Å². The predicted molar refractivity (Wildman–Crippen MR) is 65.4 cm³/mol. The summed E-state index contributed by atoms with van der Waals surface area (Å²) >= 11 is 0. The molecule has 0 aliphatic rings. The second kappa shape index (κ2) is 5.14. The molecule has 19 heavy (non-hydrogen) atoms. The molecule has 2 aromatic carbocycles. The van der Waals surface area contributed by atoms with E-state index in [0.29, 0.717) is 5.56 Å². The van der Waals surface area contributed by atoms with Crippen LogP contribution in [0.4, 0.5) is 18.9 Å². The van der Waals surface area contributed by atoms with Crippen molar-refractivity contribution in [2.45, 2.75) is 6.92 Å². The Labute approximate surface area is 107 Å². The van der Waals surface area contributed by atoms with Crippen LogP contribution in [0.5, 0.6) is 0 Å². The highest BCUT2D eigenvalue weighted by atomic mass is 19.1. The van der Waals surface area contributed by atoms with Crippen LogP contribution in [-0.4, -0.2) is 5.91 Å². The number of halogens is 3. The van der Waals surface area contributed by atoms with Crippen molar-refractivity contribution >= 4 is 11.6 Å². The largest absolute Gasteiger partial charge is 0.319 e. The fraction of sp³-hybridized carbons (Fsp3) is 0.0714. The van der Waals surface area contributed by atoms with E-state index in [1.54, 1.807) is 0 Å². The number of anilines is 1. The summed E-state index contributed by atoms with van der Waals surface area (Å²) in [4.78, 5) is 11.8. The van der Waals surface area contributed by atoms with Gasteiger partial charge in [0.05, 0.1) is 5.69 Å². The number of benzene rings is 2. The van der Waals surface area contributed by atoms with Gasteiger partial charge in [-0.15, -0.1) is 0 Å². The Kier molecular flexibility index (Phi) is 3.55. The third-order valence-electron chi connectivity index (χ3n) is 2.60. The van der Waals surface area contributed by atoms with Gasteiger partial charge in [-0.1, -0.05) is 0 Å². The monoisotopic (exact) mass is 265 g/mol. The summed E-state index contributed by atoms with van der Waals surface area (Å²) in [6.07, 6.45) is 0. The maximum atomic E-state index is 13.3. The molecule has 0 aliphatic heterocycles. The topological polar surface area (TPSA) is 29.1 Å². The molecule has 98 valence electrons. The van der Waals surface area contributed by atoms with Gasteiger partial charge in [-0.2, -0.15) is 0 Å². The number of hydrogen-bond donors (Lipinski definition) is 1. The molecule has 2 rings (SSSR count). The highest BCUT2D eigenvalue weighted by Gasteiger charge is 2.11. The fourth-order valence-corrected chi connectivity index (χ4v) is 1.57. The first kappa shape index (κ1) is 13.1. The molecule has 0 saturated carbocycles. The minimum atomic E-state index is -0.742. The summed E-state index contributed by atoms with van der Waals surface area (Å²) in [5.41, 5.74) is 0.210. The molecule has 5 heteroatoms. The van der Waals surface area contributed by atoms with Crippen molar-refractivity contribution in [2.24, 2.45) is 0 Å². The third-order valence-corrected chi connectivity index (χ3v) is 2.60. The van der Waals surface area contributed by atoms with Crippen LogP contribution in [-0.2, 0) is 0 Å². The van der Waals surface area contributed by atoms with Gasteiger partial charge < -0.3 is 5.32 Å². The molecular weight excluding hydrogens is 255 g/mol. The van der Waals surface area contributed by atoms with Gasteiger partial charge in [0, 0.05) is 11.6 Å². The molecule has 1 amide bonds. The van der Waals surface area contributed by atoms with Gasteiger partial charge in [-0.25, -0.2) is 13.2 Å². The lowest BCUT2D eigenvalue weighted by atomic mass is 10.1. The van der Waals surface area contributed by atoms with E-state index in [4.69, 9.17) is 0 Å². The van der Waals surface area contributed by atoms with Crippen molar-refractivity contribution in [2.75, 3.05) is 5.32 Å². The summed E-state index contributed by atoms with van der Waals surface area (Å²) in [5.74, 6) is -2.47. The fourth-order valence-electron chi connectivity index (χ4n) is 1.57. The maximum Gasteiger partial charge on any atom is 0.255 e. The average molecular weight is 265 g/mol. The second-order valence-corrected chi connectivity index (χ2v) is 4.04. The lowest BCUT2D eigenvalue weighted by Crippen LogP contribution is -2.13. The van der Waals surface area contributed by atoms with E-state index in [1.165, 1.54) is 19.1 Å². The zero-order valence-electron chi connectivity index (χ0n) is 10.0. The Hall–Kier alpha value is -2.30. The number of aryl methyl sites for hydroxylation is 1. The molecule has 0 unspecified atom stereocenters. The van der Waals surface area contributed by atoms with Crippen molar-refractivity contribution < 1.29 is 18.0 Å². The van der Waals surface area contributed by atoms with E-state index in [1.807, 2.05) is 0 Å². The van der Waals surface area contributed by atoms with Gasteiger partial charge >= 0.3 is 0 Å². The van der Waals surface area contributed by atoms with Crippen LogP contribution in [0.2, 0.25) is 0 Å². The molecule has 0 aliphatic carbocycles. The van der Waals surface area contributed by atoms with Crippen LogP contribution in [0.15, 0.2) is 36.4 Å². The molecule has 0 atom stereocenters. The first-order chi connectivity index (χ1) is 8.97. The molecule has 1 N–H and O–H groups in total. The van der Waals surface area contributed by atoms with Crippen LogP contribution in [0.25, 0.3) is 0 Å². The van der Waals surface area contributed by atoms with E-state index < -0.39 is 23.4 Å². The van der Waals surface area contributed by atoms with E-state index in [9.17, 15) is 18.0 Å². The standard InChI is InChI=1S/C14H10F3NO/c1-8-6-9(2-4-11(8)16)14(19)18-13-7-10(15)3-5-12(13)17/h2-7H,1H3,(H,18,19). The maximum absolute atomic E-state index is 13.3. The summed E-state index contributed by atoms with van der Waals surface area (Å²) in [5, 5.41) is 2.24. The van der Waals surface area contributed by atoms with Crippen LogP contribution >= 0.6 is 0 Å². The predicted octanol–water partition coefficient (Wildman–Crippen LogP) is 3.66. The Morgan fingerprint density at radius 2 is 1.68 bits per heavy atom. The van der Waals surface area contributed by atoms with Crippen LogP contribution in [0.1, 0.15) is 15.9 Å². The Morgan fingerprint density at radius 3 is 2.37 bits per heavy atom. The first-order valence-electron chi connectivity index (χ1n) is 5.50. The van der Waals surface area contributed by atoms with Crippen molar-refractivity contribution in [3.63, 3.8) is 0 Å². The van der Waals surface area contributed by atoms with E-state index in [2.05, 4.69) is 5.32 Å². The van der Waals surface area contributed by atoms with Gasteiger partial charge in [-0.3, -0.25) is 4.79 Å². The highest BCUT2D eigenvalue weighted by Crippen LogP contribution is 2.17. The number of nitrogens with one attached hydrogen (secondary N) is 1. The molecule has 0 fully saturated rings. The molecule has 0 bridgehead atoms. The molecule has 0 radical (unpaired) electrons. The minimum absolute atomic E-state index is 0.169. The number of hydrogen-bond acceptors (Lipinski definition) is 1. The van der Waals surface area contributed by atoms with Crippen LogP contribution in [0.3, 0.4) is 0 Å². The van der Waals surface area contributed by atoms with Crippen molar-refractivity contribution in [3.8, 4) is 0 Å². The summed E-state index contributed by atoms with van der Waals surface area (Å²) < 4.78 is 39.4. The molecular formula is C14H10F3NO. The van der Waals surface area contributed by atoms with Crippen LogP contribution in [0, 0.1) is 24.4 Å². The Balaban J connectivity index is 2.25. The third kappa shape index (κ3) is 2.93. The highest BCUT2D eigenvalue weighted by molar-refractivity contribution is 6.04. The van der Waals surface area contributed by atoms with Gasteiger partial charge in [0.15, 0.2) is 0 Å². The van der Waals surface area contributed by atoms with E-state index in [-0.39, 0.29) is 11.3 Å². The number of rotatable bonds is 2. The van der Waals surface area contributed by atoms with Crippen molar-refractivity contribution in [1.82, 2.24) is 0 Å². The number of carbonyl (C=O) groups excluding carboxylic acids is 1. The van der Waals surface area contributed by atoms with Gasteiger partial charge in [0.2, 0.25) is 0 Å². The van der Waals surface area contributed by atoms with Gasteiger partial charge in [-0.05, 0) is 42.8 Å². The smallest absolute Gasteiger partial charge is 0.255 e. The molecule has 0 heterocycles. The quantitative estimate of drug-likeness (QED) is 0.882. The van der Waals surface area contributed by atoms with E-state index >= 15 is 0 Å². The van der Waals surface area contributed by atoms with Gasteiger partial charge in [0.1, 0.15) is 17.5 Å². The minimum Gasteiger partial charge on any atom is -0.319 e. The SMILES string of the molecule is Cc1cc(C(=O)Nc2cc(F)ccc2F)ccc1F. The normalized spacial score (nSPS) is 10.3. The average Bonchev–Trinajstić information content (AvgIpc) is 2.37. The van der Waals surface area contributed by atoms with Crippen molar-refractivity contribution in [3.05, 3.63) is 65.0 Å². The zero-order chi connectivity index (χ0) is 14.0. The Bertz CT molecular complexity index is 641. The number of carbonyl (C=O) groups is 1. The lowest BCUT2D eigenvalue weighted by molar-refractivity contribution is 0.102. The molecule has 2 nitrogen and oxygen atoms in total. The summed E-state index contributed by atoms with van der Waals surface area (Å²) in [7, 11) is 0. The summed E-state index contributed by atoms with van der Waals surface area (Å²) in [6, 6.07) is 6.50. The first-order valence-corrected chi connectivity index (χ1v) is 5.50. The molecule has 0 aromatic heterocycles. The van der Waals surface area contributed by atoms with Crippen LogP contribution < -0.4 is 5.32 Å². The Morgan fingerprint density at radius 1 is 1.00 bits per heavy atom.